The minimum Gasteiger partial charge on any atom is -0.393 e. The Balaban J connectivity index is 1.91. The van der Waals surface area contributed by atoms with Crippen LogP contribution >= 0.6 is 0 Å². The number of nitrogens with zero attached hydrogens (tertiary/aromatic N) is 1. The molecule has 2 nitrogen and oxygen atoms in total. The van der Waals surface area contributed by atoms with Crippen LogP contribution in [0.1, 0.15) is 19.8 Å². The van der Waals surface area contributed by atoms with E-state index >= 15 is 0 Å². The van der Waals surface area contributed by atoms with Crippen molar-refractivity contribution in [2.24, 2.45) is 0 Å². The van der Waals surface area contributed by atoms with Gasteiger partial charge in [0.05, 0.1) is 6.10 Å². The van der Waals surface area contributed by atoms with Gasteiger partial charge < -0.3 is 10.0 Å². The van der Waals surface area contributed by atoms with Crippen molar-refractivity contribution in [3.05, 3.63) is 0 Å². The summed E-state index contributed by atoms with van der Waals surface area (Å²) in [6.07, 6.45) is 2.16. The molecule has 0 bridgehead atoms. The lowest BCUT2D eigenvalue weighted by Gasteiger charge is -2.30. The molecule has 1 N–H and O–H groups in total. The van der Waals surface area contributed by atoms with Crippen LogP contribution in [0.15, 0.2) is 0 Å². The molecule has 1 aliphatic rings. The fraction of sp³-hybridized carbons (Fsp3) is 1.00. The van der Waals surface area contributed by atoms with Gasteiger partial charge in [0.15, 0.2) is 0 Å². The maximum atomic E-state index is 8.89. The maximum Gasteiger partial charge on any atom is 0.0524 e. The van der Waals surface area contributed by atoms with E-state index in [9.17, 15) is 0 Å². The van der Waals surface area contributed by atoms with Crippen molar-refractivity contribution < 1.29 is 5.11 Å². The number of rotatable bonds is 3. The first-order valence-electron chi connectivity index (χ1n) is 3.69. The molecule has 0 amide bonds. The molecule has 1 atom stereocenters. The molecular weight excluding hydrogens is 114 g/mol. The third kappa shape index (κ3) is 2.33. The van der Waals surface area contributed by atoms with Gasteiger partial charge in [0.25, 0.3) is 0 Å². The molecule has 0 spiro atoms. The average Bonchev–Trinajstić information content (AvgIpc) is 1.60. The van der Waals surface area contributed by atoms with E-state index in [0.29, 0.717) is 0 Å². The Bertz CT molecular complexity index is 79.0. The summed E-state index contributed by atoms with van der Waals surface area (Å²) < 4.78 is 0. The summed E-state index contributed by atoms with van der Waals surface area (Å²) in [5.74, 6) is 0. The van der Waals surface area contributed by atoms with Gasteiger partial charge in [-0.1, -0.05) is 0 Å². The van der Waals surface area contributed by atoms with Crippen LogP contribution in [0.5, 0.6) is 0 Å². The molecule has 1 saturated heterocycles. The fourth-order valence-corrected chi connectivity index (χ4v) is 0.975. The lowest BCUT2D eigenvalue weighted by Crippen LogP contribution is -2.38. The lowest BCUT2D eigenvalue weighted by molar-refractivity contribution is 0.126. The second kappa shape index (κ2) is 3.18. The number of aliphatic hydroxyl groups excluding tert-OH is 1. The number of hydrogen-bond donors (Lipinski definition) is 1. The topological polar surface area (TPSA) is 23.5 Å². The minimum atomic E-state index is -0.120. The van der Waals surface area contributed by atoms with Crippen molar-refractivity contribution in [1.29, 1.82) is 0 Å². The maximum absolute atomic E-state index is 8.89. The first-order chi connectivity index (χ1) is 4.29. The SMILES string of the molecule is CC(O)CCN1CCC1. The van der Waals surface area contributed by atoms with Gasteiger partial charge in [-0.05, 0) is 32.9 Å². The average molecular weight is 129 g/mol. The smallest absolute Gasteiger partial charge is 0.0524 e. The molecule has 1 unspecified atom stereocenters. The van der Waals surface area contributed by atoms with Gasteiger partial charge in [-0.2, -0.15) is 0 Å². The van der Waals surface area contributed by atoms with E-state index in [2.05, 4.69) is 4.90 Å². The second-order valence-corrected chi connectivity index (χ2v) is 2.83. The van der Waals surface area contributed by atoms with E-state index < -0.39 is 0 Å². The molecule has 0 radical (unpaired) electrons. The van der Waals surface area contributed by atoms with Crippen LogP contribution in [0.4, 0.5) is 0 Å². The zero-order valence-electron chi connectivity index (χ0n) is 6.01. The number of hydrogen-bond acceptors (Lipinski definition) is 2. The van der Waals surface area contributed by atoms with Crippen molar-refractivity contribution in [2.75, 3.05) is 19.6 Å². The Morgan fingerprint density at radius 1 is 1.56 bits per heavy atom. The normalized spacial score (nSPS) is 23.3. The Morgan fingerprint density at radius 2 is 2.22 bits per heavy atom. The van der Waals surface area contributed by atoms with Crippen molar-refractivity contribution in [3.8, 4) is 0 Å². The van der Waals surface area contributed by atoms with Crippen molar-refractivity contribution in [3.63, 3.8) is 0 Å². The fourth-order valence-electron chi connectivity index (χ4n) is 0.975. The minimum absolute atomic E-state index is 0.120. The molecule has 0 aromatic carbocycles. The van der Waals surface area contributed by atoms with Gasteiger partial charge in [0, 0.05) is 6.54 Å². The van der Waals surface area contributed by atoms with Crippen LogP contribution in [0.3, 0.4) is 0 Å². The summed E-state index contributed by atoms with van der Waals surface area (Å²) in [6, 6.07) is 0. The zero-order valence-corrected chi connectivity index (χ0v) is 6.01. The molecule has 0 saturated carbocycles. The summed E-state index contributed by atoms with van der Waals surface area (Å²) in [5.41, 5.74) is 0. The standard InChI is InChI=1S/C7H15NO/c1-7(9)3-6-8-4-2-5-8/h7,9H,2-6H2,1H3. The summed E-state index contributed by atoms with van der Waals surface area (Å²) >= 11 is 0. The monoisotopic (exact) mass is 129 g/mol. The summed E-state index contributed by atoms with van der Waals surface area (Å²) in [5, 5.41) is 8.89. The second-order valence-electron chi connectivity index (χ2n) is 2.83. The van der Waals surface area contributed by atoms with E-state index in [-0.39, 0.29) is 6.10 Å². The Hall–Kier alpha value is -0.0800. The van der Waals surface area contributed by atoms with E-state index in [1.54, 1.807) is 0 Å². The molecule has 1 fully saturated rings. The Kier molecular flexibility index (Phi) is 2.49. The molecule has 1 rings (SSSR count). The first-order valence-corrected chi connectivity index (χ1v) is 3.69. The quantitative estimate of drug-likeness (QED) is 0.598. The van der Waals surface area contributed by atoms with Gasteiger partial charge in [0.2, 0.25) is 0 Å². The highest BCUT2D eigenvalue weighted by Crippen LogP contribution is 2.06. The summed E-state index contributed by atoms with van der Waals surface area (Å²) in [6.45, 7) is 5.41. The highest BCUT2D eigenvalue weighted by molar-refractivity contribution is 4.68. The molecule has 1 heterocycles. The molecule has 1 aliphatic heterocycles. The van der Waals surface area contributed by atoms with Gasteiger partial charge in [-0.3, -0.25) is 0 Å². The van der Waals surface area contributed by atoms with E-state index in [1.165, 1.54) is 19.5 Å². The summed E-state index contributed by atoms with van der Waals surface area (Å²) in [4.78, 5) is 2.37. The first kappa shape index (κ1) is 7.03. The molecule has 0 aliphatic carbocycles. The predicted molar refractivity (Wildman–Crippen MR) is 37.4 cm³/mol. The Labute approximate surface area is 56.5 Å². The van der Waals surface area contributed by atoms with Crippen LogP contribution in [0.25, 0.3) is 0 Å². The largest absolute Gasteiger partial charge is 0.393 e. The van der Waals surface area contributed by atoms with Gasteiger partial charge in [-0.15, -0.1) is 0 Å². The predicted octanol–water partition coefficient (Wildman–Crippen LogP) is 0.463. The molecule has 2 heteroatoms. The van der Waals surface area contributed by atoms with Gasteiger partial charge >= 0.3 is 0 Å². The number of aliphatic hydroxyl groups is 1. The third-order valence-electron chi connectivity index (χ3n) is 1.81. The van der Waals surface area contributed by atoms with Crippen LogP contribution in [-0.2, 0) is 0 Å². The van der Waals surface area contributed by atoms with E-state index in [0.717, 1.165) is 13.0 Å². The molecule has 54 valence electrons. The molecule has 0 aromatic heterocycles. The van der Waals surface area contributed by atoms with E-state index in [1.807, 2.05) is 6.92 Å². The number of likely N-dealkylation sites (tertiary alicyclic amines) is 1. The van der Waals surface area contributed by atoms with Gasteiger partial charge in [-0.25, -0.2) is 0 Å². The highest BCUT2D eigenvalue weighted by Gasteiger charge is 2.12. The van der Waals surface area contributed by atoms with Crippen LogP contribution in [0, 0.1) is 0 Å². The third-order valence-corrected chi connectivity index (χ3v) is 1.81. The molecule has 9 heavy (non-hydrogen) atoms. The lowest BCUT2D eigenvalue weighted by atomic mass is 10.2. The molecule has 0 aromatic rings. The van der Waals surface area contributed by atoms with E-state index in [4.69, 9.17) is 5.11 Å². The van der Waals surface area contributed by atoms with Crippen LogP contribution in [0.2, 0.25) is 0 Å². The Morgan fingerprint density at radius 3 is 2.56 bits per heavy atom. The zero-order chi connectivity index (χ0) is 6.69. The highest BCUT2D eigenvalue weighted by atomic mass is 16.3. The van der Waals surface area contributed by atoms with Crippen LogP contribution in [-0.4, -0.2) is 35.7 Å². The van der Waals surface area contributed by atoms with Gasteiger partial charge in [0.1, 0.15) is 0 Å². The van der Waals surface area contributed by atoms with Crippen molar-refractivity contribution >= 4 is 0 Å². The van der Waals surface area contributed by atoms with Crippen LogP contribution < -0.4 is 0 Å². The molecular formula is C7H15NO. The summed E-state index contributed by atoms with van der Waals surface area (Å²) in [7, 11) is 0. The van der Waals surface area contributed by atoms with Crippen molar-refractivity contribution in [1.82, 2.24) is 4.90 Å². The van der Waals surface area contributed by atoms with Crippen molar-refractivity contribution in [2.45, 2.75) is 25.9 Å².